The van der Waals surface area contributed by atoms with E-state index in [1.807, 2.05) is 35.6 Å². The number of fused-ring (bicyclic) bond motifs is 3. The molecular weight excluding hydrogens is 426 g/mol. The standard InChI is InChI=1S/C23H25N5O3S/c1-2-27-22(29)19-9-5-6-10-20(19)28-21(25-26-23(27)28)15-24-16-11-13-18(14-12-16)32(30,31)17-7-3-4-8-17/h5-6,9-14,17,24H,2-4,7-8,15H2,1H3. The molecule has 2 aromatic carbocycles. The van der Waals surface area contributed by atoms with E-state index in [0.29, 0.717) is 35.0 Å². The Morgan fingerprint density at radius 2 is 1.75 bits per heavy atom. The number of hydrogen-bond acceptors (Lipinski definition) is 6. The third-order valence-electron chi connectivity index (χ3n) is 6.27. The molecule has 0 unspecified atom stereocenters. The topological polar surface area (TPSA) is 98.4 Å². The van der Waals surface area contributed by atoms with Gasteiger partial charge in [-0.25, -0.2) is 8.42 Å². The molecular formula is C23H25N5O3S. The molecule has 5 rings (SSSR count). The van der Waals surface area contributed by atoms with Gasteiger partial charge in [0.15, 0.2) is 15.7 Å². The van der Waals surface area contributed by atoms with Crippen molar-refractivity contribution >= 4 is 32.2 Å². The fourth-order valence-electron chi connectivity index (χ4n) is 4.55. The summed E-state index contributed by atoms with van der Waals surface area (Å²) in [4.78, 5) is 13.2. The van der Waals surface area contributed by atoms with Gasteiger partial charge in [0, 0.05) is 12.2 Å². The SMILES string of the molecule is CCn1c(=O)c2ccccc2n2c(CNc3ccc(S(=O)(=O)C4CCCC4)cc3)nnc12. The van der Waals surface area contributed by atoms with E-state index in [1.165, 1.54) is 0 Å². The minimum absolute atomic E-state index is 0.0819. The van der Waals surface area contributed by atoms with Crippen LogP contribution in [0.15, 0.2) is 58.2 Å². The second-order valence-electron chi connectivity index (χ2n) is 8.15. The molecule has 0 radical (unpaired) electrons. The number of benzene rings is 2. The minimum Gasteiger partial charge on any atom is -0.378 e. The van der Waals surface area contributed by atoms with E-state index in [1.54, 1.807) is 28.8 Å². The summed E-state index contributed by atoms with van der Waals surface area (Å²) in [7, 11) is -3.27. The van der Waals surface area contributed by atoms with E-state index >= 15 is 0 Å². The van der Waals surface area contributed by atoms with Crippen molar-refractivity contribution in [1.82, 2.24) is 19.2 Å². The van der Waals surface area contributed by atoms with E-state index in [9.17, 15) is 13.2 Å². The summed E-state index contributed by atoms with van der Waals surface area (Å²) in [5, 5.41) is 12.2. The van der Waals surface area contributed by atoms with Gasteiger partial charge >= 0.3 is 0 Å². The summed E-state index contributed by atoms with van der Waals surface area (Å²) in [5.41, 5.74) is 1.47. The largest absolute Gasteiger partial charge is 0.378 e. The Bertz CT molecular complexity index is 1450. The highest BCUT2D eigenvalue weighted by Gasteiger charge is 2.30. The Labute approximate surface area is 185 Å². The second kappa shape index (κ2) is 8.05. The van der Waals surface area contributed by atoms with E-state index in [0.717, 1.165) is 36.9 Å². The molecule has 1 fully saturated rings. The number of nitrogens with zero attached hydrogens (tertiary/aromatic N) is 4. The number of nitrogens with one attached hydrogen (secondary N) is 1. The molecule has 2 aromatic heterocycles. The lowest BCUT2D eigenvalue weighted by Gasteiger charge is -2.12. The quantitative estimate of drug-likeness (QED) is 0.483. The summed E-state index contributed by atoms with van der Waals surface area (Å²) >= 11 is 0. The summed E-state index contributed by atoms with van der Waals surface area (Å²) in [6.07, 6.45) is 3.46. The Morgan fingerprint density at radius 1 is 1.03 bits per heavy atom. The maximum atomic E-state index is 12.8. The molecule has 1 N–H and O–H groups in total. The Hall–Kier alpha value is -3.20. The van der Waals surface area contributed by atoms with Crippen molar-refractivity contribution in [2.45, 2.75) is 55.8 Å². The summed E-state index contributed by atoms with van der Waals surface area (Å²) in [5.74, 6) is 1.17. The molecule has 2 heterocycles. The van der Waals surface area contributed by atoms with Gasteiger partial charge in [-0.1, -0.05) is 25.0 Å². The van der Waals surface area contributed by atoms with Gasteiger partial charge in [0.25, 0.3) is 5.56 Å². The average Bonchev–Trinajstić information content (AvgIpc) is 3.50. The first kappa shape index (κ1) is 20.7. The molecule has 0 amide bonds. The zero-order valence-corrected chi connectivity index (χ0v) is 18.7. The molecule has 1 saturated carbocycles. The van der Waals surface area contributed by atoms with Crippen LogP contribution < -0.4 is 10.9 Å². The van der Waals surface area contributed by atoms with Crippen LogP contribution in [0.1, 0.15) is 38.4 Å². The second-order valence-corrected chi connectivity index (χ2v) is 10.4. The lowest BCUT2D eigenvalue weighted by atomic mass is 10.2. The van der Waals surface area contributed by atoms with Gasteiger partial charge in [-0.3, -0.25) is 13.8 Å². The van der Waals surface area contributed by atoms with Crippen molar-refractivity contribution < 1.29 is 8.42 Å². The maximum Gasteiger partial charge on any atom is 0.262 e. The predicted octanol–water partition coefficient (Wildman–Crippen LogP) is 3.39. The van der Waals surface area contributed by atoms with Crippen LogP contribution in [0.25, 0.3) is 16.7 Å². The number of anilines is 1. The number of rotatable bonds is 6. The lowest BCUT2D eigenvalue weighted by Crippen LogP contribution is -2.23. The van der Waals surface area contributed by atoms with Crippen LogP contribution in [0.4, 0.5) is 5.69 Å². The van der Waals surface area contributed by atoms with Crippen LogP contribution in [-0.4, -0.2) is 32.8 Å². The molecule has 166 valence electrons. The van der Waals surface area contributed by atoms with Crippen LogP contribution in [0, 0.1) is 0 Å². The highest BCUT2D eigenvalue weighted by atomic mass is 32.2. The van der Waals surface area contributed by atoms with Crippen molar-refractivity contribution in [3.8, 4) is 0 Å². The van der Waals surface area contributed by atoms with Crippen molar-refractivity contribution in [3.63, 3.8) is 0 Å². The van der Waals surface area contributed by atoms with Crippen molar-refractivity contribution in [3.05, 3.63) is 64.7 Å². The number of sulfone groups is 1. The van der Waals surface area contributed by atoms with Gasteiger partial charge in [-0.15, -0.1) is 10.2 Å². The monoisotopic (exact) mass is 451 g/mol. The normalized spacial score (nSPS) is 15.0. The molecule has 0 atom stereocenters. The highest BCUT2D eigenvalue weighted by molar-refractivity contribution is 7.92. The fraction of sp³-hybridized carbons (Fsp3) is 0.348. The van der Waals surface area contributed by atoms with Crippen LogP contribution in [0.5, 0.6) is 0 Å². The molecule has 0 aliphatic heterocycles. The van der Waals surface area contributed by atoms with Crippen LogP contribution in [-0.2, 0) is 22.9 Å². The lowest BCUT2D eigenvalue weighted by molar-refractivity contribution is 0.579. The van der Waals surface area contributed by atoms with Crippen molar-refractivity contribution in [2.75, 3.05) is 5.32 Å². The fourth-order valence-corrected chi connectivity index (χ4v) is 6.40. The Kier molecular flexibility index (Phi) is 5.21. The average molecular weight is 452 g/mol. The number of aromatic nitrogens is 4. The summed E-state index contributed by atoms with van der Waals surface area (Å²) in [6.45, 7) is 2.78. The maximum absolute atomic E-state index is 12.8. The van der Waals surface area contributed by atoms with Crippen molar-refractivity contribution in [1.29, 1.82) is 0 Å². The molecule has 9 heteroatoms. The first-order valence-corrected chi connectivity index (χ1v) is 12.5. The van der Waals surface area contributed by atoms with Gasteiger partial charge in [0.1, 0.15) is 0 Å². The molecule has 0 saturated heterocycles. The van der Waals surface area contributed by atoms with Crippen molar-refractivity contribution in [2.24, 2.45) is 0 Å². The van der Waals surface area contributed by atoms with E-state index < -0.39 is 9.84 Å². The minimum atomic E-state index is -3.27. The Balaban J connectivity index is 1.44. The summed E-state index contributed by atoms with van der Waals surface area (Å²) in [6, 6.07) is 14.3. The molecule has 0 spiro atoms. The highest BCUT2D eigenvalue weighted by Crippen LogP contribution is 2.30. The van der Waals surface area contributed by atoms with Gasteiger partial charge in [0.2, 0.25) is 5.78 Å². The van der Waals surface area contributed by atoms with E-state index in [2.05, 4.69) is 15.5 Å². The van der Waals surface area contributed by atoms with Gasteiger partial charge < -0.3 is 5.32 Å². The first-order chi connectivity index (χ1) is 15.5. The van der Waals surface area contributed by atoms with Gasteiger partial charge in [-0.2, -0.15) is 0 Å². The molecule has 1 aliphatic carbocycles. The zero-order valence-electron chi connectivity index (χ0n) is 17.9. The predicted molar refractivity (Wildman–Crippen MR) is 124 cm³/mol. The molecule has 1 aliphatic rings. The van der Waals surface area contributed by atoms with Crippen LogP contribution in [0.3, 0.4) is 0 Å². The first-order valence-electron chi connectivity index (χ1n) is 10.9. The van der Waals surface area contributed by atoms with Gasteiger partial charge in [0.05, 0.1) is 27.6 Å². The molecule has 8 nitrogen and oxygen atoms in total. The third kappa shape index (κ3) is 3.37. The molecule has 4 aromatic rings. The summed E-state index contributed by atoms with van der Waals surface area (Å²) < 4.78 is 29.1. The smallest absolute Gasteiger partial charge is 0.262 e. The zero-order chi connectivity index (χ0) is 22.3. The number of aryl methyl sites for hydroxylation is 1. The number of hydrogen-bond donors (Lipinski definition) is 1. The van der Waals surface area contributed by atoms with Crippen LogP contribution in [0.2, 0.25) is 0 Å². The van der Waals surface area contributed by atoms with Gasteiger partial charge in [-0.05, 0) is 56.2 Å². The van der Waals surface area contributed by atoms with Crippen LogP contribution >= 0.6 is 0 Å². The number of para-hydroxylation sites is 1. The third-order valence-corrected chi connectivity index (χ3v) is 8.54. The molecule has 32 heavy (non-hydrogen) atoms. The van der Waals surface area contributed by atoms with E-state index in [-0.39, 0.29) is 10.8 Å². The molecule has 0 bridgehead atoms. The Morgan fingerprint density at radius 3 is 2.47 bits per heavy atom. The van der Waals surface area contributed by atoms with E-state index in [4.69, 9.17) is 0 Å².